The second-order valence-electron chi connectivity index (χ2n) is 5.79. The van der Waals surface area contributed by atoms with Gasteiger partial charge in [-0.25, -0.2) is 4.39 Å². The maximum absolute atomic E-state index is 12.9. The summed E-state index contributed by atoms with van der Waals surface area (Å²) in [5.41, 5.74) is 1.03. The molecule has 1 N–H and O–H groups in total. The van der Waals surface area contributed by atoms with Gasteiger partial charge in [-0.1, -0.05) is 6.42 Å². The first kappa shape index (κ1) is 14.3. The fourth-order valence-corrected chi connectivity index (χ4v) is 3.12. The number of anilines is 1. The number of benzene rings is 1. The van der Waals surface area contributed by atoms with E-state index in [-0.39, 0.29) is 17.8 Å². The maximum atomic E-state index is 12.9. The van der Waals surface area contributed by atoms with E-state index in [4.69, 9.17) is 0 Å². The Bertz CT molecular complexity index is 477. The van der Waals surface area contributed by atoms with Crippen molar-refractivity contribution in [1.29, 1.82) is 0 Å². The van der Waals surface area contributed by atoms with Crippen molar-refractivity contribution in [3.63, 3.8) is 0 Å². The number of halogens is 1. The lowest BCUT2D eigenvalue weighted by Gasteiger charge is -2.38. The summed E-state index contributed by atoms with van der Waals surface area (Å²) in [7, 11) is 0. The minimum Gasteiger partial charge on any atom is -0.368 e. The first-order valence-electron chi connectivity index (χ1n) is 7.77. The zero-order valence-electron chi connectivity index (χ0n) is 12.2. The van der Waals surface area contributed by atoms with Crippen LogP contribution in [0.3, 0.4) is 0 Å². The third kappa shape index (κ3) is 3.35. The largest absolute Gasteiger partial charge is 0.368 e. The summed E-state index contributed by atoms with van der Waals surface area (Å²) in [5.74, 6) is 0.0318. The zero-order chi connectivity index (χ0) is 14.7. The molecule has 4 nitrogen and oxygen atoms in total. The van der Waals surface area contributed by atoms with Gasteiger partial charge in [0.25, 0.3) is 0 Å². The zero-order valence-corrected chi connectivity index (χ0v) is 12.2. The number of nitrogens with one attached hydrogen (secondary N) is 1. The van der Waals surface area contributed by atoms with Gasteiger partial charge in [0.05, 0.1) is 6.04 Å². The molecule has 0 aromatic heterocycles. The molecule has 5 heteroatoms. The van der Waals surface area contributed by atoms with Crippen molar-refractivity contribution >= 4 is 11.6 Å². The van der Waals surface area contributed by atoms with Gasteiger partial charge in [-0.2, -0.15) is 0 Å². The molecule has 3 rings (SSSR count). The van der Waals surface area contributed by atoms with Crippen molar-refractivity contribution in [2.24, 2.45) is 0 Å². The highest BCUT2D eigenvalue weighted by molar-refractivity contribution is 5.82. The molecule has 1 aromatic rings. The number of hydrogen-bond acceptors (Lipinski definition) is 3. The molecule has 2 fully saturated rings. The third-order valence-electron chi connectivity index (χ3n) is 4.39. The van der Waals surface area contributed by atoms with Crippen LogP contribution in [-0.4, -0.2) is 49.6 Å². The van der Waals surface area contributed by atoms with Crippen molar-refractivity contribution < 1.29 is 9.18 Å². The van der Waals surface area contributed by atoms with Crippen LogP contribution < -0.4 is 10.2 Å². The molecule has 2 saturated heterocycles. The van der Waals surface area contributed by atoms with Gasteiger partial charge in [0.15, 0.2) is 0 Å². The molecule has 1 aromatic carbocycles. The van der Waals surface area contributed by atoms with Crippen molar-refractivity contribution in [3.05, 3.63) is 30.1 Å². The Hall–Kier alpha value is -1.62. The van der Waals surface area contributed by atoms with E-state index in [0.29, 0.717) is 0 Å². The molecule has 0 spiro atoms. The smallest absolute Gasteiger partial charge is 0.239 e. The molecule has 21 heavy (non-hydrogen) atoms. The quantitative estimate of drug-likeness (QED) is 0.899. The van der Waals surface area contributed by atoms with E-state index in [9.17, 15) is 9.18 Å². The van der Waals surface area contributed by atoms with E-state index >= 15 is 0 Å². The van der Waals surface area contributed by atoms with Gasteiger partial charge in [0, 0.05) is 31.9 Å². The molecular weight excluding hydrogens is 269 g/mol. The van der Waals surface area contributed by atoms with Crippen LogP contribution in [0.1, 0.15) is 19.3 Å². The number of rotatable bonds is 2. The molecule has 2 aliphatic rings. The van der Waals surface area contributed by atoms with Crippen LogP contribution in [0, 0.1) is 5.82 Å². The normalized spacial score (nSPS) is 23.2. The molecule has 0 aliphatic carbocycles. The summed E-state index contributed by atoms with van der Waals surface area (Å²) in [4.78, 5) is 16.6. The van der Waals surface area contributed by atoms with E-state index < -0.39 is 0 Å². The number of piperidine rings is 1. The lowest BCUT2D eigenvalue weighted by Crippen LogP contribution is -2.55. The fourth-order valence-electron chi connectivity index (χ4n) is 3.12. The summed E-state index contributed by atoms with van der Waals surface area (Å²) in [6, 6.07) is 6.58. The Kier molecular flexibility index (Phi) is 4.39. The van der Waals surface area contributed by atoms with Crippen LogP contribution in [0.25, 0.3) is 0 Å². The second kappa shape index (κ2) is 6.43. The second-order valence-corrected chi connectivity index (χ2v) is 5.79. The first-order chi connectivity index (χ1) is 10.2. The van der Waals surface area contributed by atoms with Gasteiger partial charge in [0.1, 0.15) is 5.82 Å². The SMILES string of the molecule is O=C([C@@H]1CCCCN1)N1CCN(c2ccc(F)cc2)CC1. The van der Waals surface area contributed by atoms with Crippen molar-refractivity contribution in [1.82, 2.24) is 10.2 Å². The summed E-state index contributed by atoms with van der Waals surface area (Å²) >= 11 is 0. The lowest BCUT2D eigenvalue weighted by atomic mass is 10.0. The van der Waals surface area contributed by atoms with Crippen LogP contribution in [0.4, 0.5) is 10.1 Å². The number of nitrogens with zero attached hydrogens (tertiary/aromatic N) is 2. The van der Waals surface area contributed by atoms with Crippen LogP contribution in [0.5, 0.6) is 0 Å². The Labute approximate surface area is 124 Å². The van der Waals surface area contributed by atoms with Gasteiger partial charge < -0.3 is 15.1 Å². The van der Waals surface area contributed by atoms with E-state index in [1.165, 1.54) is 18.6 Å². The number of piperazine rings is 1. The van der Waals surface area contributed by atoms with Crippen LogP contribution in [0.15, 0.2) is 24.3 Å². The van der Waals surface area contributed by atoms with E-state index in [1.54, 1.807) is 12.1 Å². The van der Waals surface area contributed by atoms with Gasteiger partial charge in [-0.05, 0) is 43.7 Å². The van der Waals surface area contributed by atoms with Crippen molar-refractivity contribution in [2.45, 2.75) is 25.3 Å². The summed E-state index contributed by atoms with van der Waals surface area (Å²) in [6.45, 7) is 4.06. The minimum atomic E-state index is -0.212. The number of amides is 1. The predicted octanol–water partition coefficient (Wildman–Crippen LogP) is 1.62. The van der Waals surface area contributed by atoms with Crippen LogP contribution in [0.2, 0.25) is 0 Å². The molecule has 1 atom stereocenters. The third-order valence-corrected chi connectivity index (χ3v) is 4.39. The van der Waals surface area contributed by atoms with E-state index in [2.05, 4.69) is 10.2 Å². The molecule has 0 bridgehead atoms. The number of carbonyl (C=O) groups excluding carboxylic acids is 1. The first-order valence-corrected chi connectivity index (χ1v) is 7.77. The molecule has 2 aliphatic heterocycles. The highest BCUT2D eigenvalue weighted by Crippen LogP contribution is 2.18. The topological polar surface area (TPSA) is 35.6 Å². The van der Waals surface area contributed by atoms with Gasteiger partial charge in [0.2, 0.25) is 5.91 Å². The van der Waals surface area contributed by atoms with E-state index in [1.807, 2.05) is 4.90 Å². The maximum Gasteiger partial charge on any atom is 0.239 e. The summed E-state index contributed by atoms with van der Waals surface area (Å²) in [5, 5.41) is 3.32. The van der Waals surface area contributed by atoms with Gasteiger partial charge in [-0.15, -0.1) is 0 Å². The van der Waals surface area contributed by atoms with Crippen molar-refractivity contribution in [2.75, 3.05) is 37.6 Å². The summed E-state index contributed by atoms with van der Waals surface area (Å²) < 4.78 is 12.9. The molecule has 2 heterocycles. The highest BCUT2D eigenvalue weighted by atomic mass is 19.1. The molecule has 1 amide bonds. The molecule has 114 valence electrons. The fraction of sp³-hybridized carbons (Fsp3) is 0.562. The van der Waals surface area contributed by atoms with Crippen LogP contribution >= 0.6 is 0 Å². The number of hydrogen-bond donors (Lipinski definition) is 1. The Morgan fingerprint density at radius 3 is 2.43 bits per heavy atom. The minimum absolute atomic E-state index is 0.0103. The standard InChI is InChI=1S/C16H22FN3O/c17-13-4-6-14(7-5-13)19-9-11-20(12-10-19)16(21)15-3-1-2-8-18-15/h4-7,15,18H,1-3,8-12H2/t15-/m0/s1. The number of carbonyl (C=O) groups is 1. The monoisotopic (exact) mass is 291 g/mol. The van der Waals surface area contributed by atoms with E-state index in [0.717, 1.165) is 51.3 Å². The van der Waals surface area contributed by atoms with Gasteiger partial charge in [-0.3, -0.25) is 4.79 Å². The van der Waals surface area contributed by atoms with Crippen LogP contribution in [-0.2, 0) is 4.79 Å². The highest BCUT2D eigenvalue weighted by Gasteiger charge is 2.28. The molecular formula is C16H22FN3O. The van der Waals surface area contributed by atoms with Crippen molar-refractivity contribution in [3.8, 4) is 0 Å². The summed E-state index contributed by atoms with van der Waals surface area (Å²) in [6.07, 6.45) is 3.26. The average molecular weight is 291 g/mol. The Morgan fingerprint density at radius 1 is 1.10 bits per heavy atom. The predicted molar refractivity (Wildman–Crippen MR) is 80.8 cm³/mol. The average Bonchev–Trinajstić information content (AvgIpc) is 2.56. The molecule has 0 unspecified atom stereocenters. The van der Waals surface area contributed by atoms with Gasteiger partial charge >= 0.3 is 0 Å². The Balaban J connectivity index is 1.54. The lowest BCUT2D eigenvalue weighted by molar-refractivity contribution is -0.134. The molecule has 0 saturated carbocycles. The molecule has 0 radical (unpaired) electrons. The Morgan fingerprint density at radius 2 is 1.81 bits per heavy atom.